The number of anilines is 1. The van der Waals surface area contributed by atoms with Gasteiger partial charge in [-0.15, -0.1) is 11.3 Å². The van der Waals surface area contributed by atoms with E-state index >= 15 is 0 Å². The number of sulfone groups is 1. The molecule has 0 amide bonds. The Morgan fingerprint density at radius 2 is 1.32 bits per heavy atom. The summed E-state index contributed by atoms with van der Waals surface area (Å²) in [6, 6.07) is 13.3. The molecular weight excluding hydrogens is 435 g/mol. The molecule has 11 heteroatoms. The highest BCUT2D eigenvalue weighted by atomic mass is 32.3. The second-order valence-corrected chi connectivity index (χ2v) is 10.7. The molecule has 1 heterocycles. The predicted molar refractivity (Wildman–Crippen MR) is 98.5 cm³/mol. The first-order valence-electron chi connectivity index (χ1n) is 7.60. The maximum atomic E-state index is 12.6. The van der Waals surface area contributed by atoms with E-state index in [0.29, 0.717) is 11.3 Å². The summed E-state index contributed by atoms with van der Waals surface area (Å²) < 4.78 is 89.4. The van der Waals surface area contributed by atoms with Crippen LogP contribution >= 0.6 is 11.3 Å². The first-order valence-corrected chi connectivity index (χ1v) is 11.4. The lowest BCUT2D eigenvalue weighted by Gasteiger charge is -2.09. The van der Waals surface area contributed by atoms with E-state index in [1.165, 1.54) is 18.2 Å². The third-order valence-electron chi connectivity index (χ3n) is 3.60. The Morgan fingerprint density at radius 1 is 0.750 bits per heavy atom. The van der Waals surface area contributed by atoms with Crippen molar-refractivity contribution in [1.29, 1.82) is 0 Å². The summed E-state index contributed by atoms with van der Waals surface area (Å²) in [7, 11) is -8.03. The van der Waals surface area contributed by atoms with Crippen molar-refractivity contribution < 1.29 is 30.0 Å². The Bertz CT molecular complexity index is 1180. The highest BCUT2D eigenvalue weighted by Crippen LogP contribution is 2.32. The van der Waals surface area contributed by atoms with Crippen LogP contribution in [0.2, 0.25) is 0 Å². The maximum absolute atomic E-state index is 12.6. The number of thiophene rings is 1. The monoisotopic (exact) mass is 447 g/mol. The molecule has 0 spiro atoms. The van der Waals surface area contributed by atoms with Crippen molar-refractivity contribution in [3.05, 3.63) is 72.3 Å². The Kier molecular flexibility index (Phi) is 5.26. The lowest BCUT2D eigenvalue weighted by molar-refractivity contribution is -0.137. The fourth-order valence-corrected chi connectivity index (χ4v) is 6.49. The largest absolute Gasteiger partial charge is 0.416 e. The van der Waals surface area contributed by atoms with Crippen LogP contribution in [0.1, 0.15) is 5.56 Å². The standard InChI is InChI=1S/C17H12F3NO4S3/c18-17(19,20)12-6-8-13(9-7-12)21-28(24,25)16-11-10-15(26-16)27(22,23)14-4-2-1-3-5-14/h1-11,21H. The van der Waals surface area contributed by atoms with E-state index in [9.17, 15) is 30.0 Å². The highest BCUT2D eigenvalue weighted by Gasteiger charge is 2.30. The molecule has 2 aromatic carbocycles. The van der Waals surface area contributed by atoms with Gasteiger partial charge < -0.3 is 0 Å². The molecule has 0 atom stereocenters. The zero-order valence-corrected chi connectivity index (χ0v) is 16.3. The number of alkyl halides is 3. The van der Waals surface area contributed by atoms with Gasteiger partial charge in [-0.05, 0) is 48.5 Å². The number of halogens is 3. The Morgan fingerprint density at radius 3 is 1.89 bits per heavy atom. The van der Waals surface area contributed by atoms with Gasteiger partial charge in [0.05, 0.1) is 10.5 Å². The van der Waals surface area contributed by atoms with Crippen molar-refractivity contribution in [3.63, 3.8) is 0 Å². The summed E-state index contributed by atoms with van der Waals surface area (Å²) >= 11 is 0.550. The van der Waals surface area contributed by atoms with Gasteiger partial charge in [0.2, 0.25) is 9.84 Å². The first-order chi connectivity index (χ1) is 13.0. The van der Waals surface area contributed by atoms with E-state index in [1.54, 1.807) is 18.2 Å². The summed E-state index contributed by atoms with van der Waals surface area (Å²) in [4.78, 5) is 0.0245. The van der Waals surface area contributed by atoms with Crippen LogP contribution in [0.25, 0.3) is 0 Å². The normalized spacial score (nSPS) is 12.7. The SMILES string of the molecule is O=S(=O)(Nc1ccc(C(F)(F)F)cc1)c1ccc(S(=O)(=O)c2ccccc2)s1. The average Bonchev–Trinajstić information content (AvgIpc) is 3.14. The minimum atomic E-state index is -4.54. The van der Waals surface area contributed by atoms with Crippen molar-refractivity contribution in [2.24, 2.45) is 0 Å². The zero-order chi connectivity index (χ0) is 20.6. The Balaban J connectivity index is 1.86. The molecule has 0 aliphatic rings. The molecule has 0 saturated carbocycles. The van der Waals surface area contributed by atoms with E-state index in [1.807, 2.05) is 0 Å². The van der Waals surface area contributed by atoms with E-state index in [0.717, 1.165) is 30.3 Å². The third kappa shape index (κ3) is 4.21. The lowest BCUT2D eigenvalue weighted by atomic mass is 10.2. The molecular formula is C17H12F3NO4S3. The number of sulfonamides is 1. The topological polar surface area (TPSA) is 80.3 Å². The number of hydrogen-bond donors (Lipinski definition) is 1. The number of rotatable bonds is 5. The van der Waals surface area contributed by atoms with E-state index < -0.39 is 31.6 Å². The fraction of sp³-hybridized carbons (Fsp3) is 0.0588. The highest BCUT2D eigenvalue weighted by molar-refractivity contribution is 7.96. The molecule has 1 aromatic heterocycles. The van der Waals surface area contributed by atoms with Crippen molar-refractivity contribution >= 4 is 36.9 Å². The molecule has 0 bridgehead atoms. The maximum Gasteiger partial charge on any atom is 0.416 e. The molecule has 0 aliphatic carbocycles. The van der Waals surface area contributed by atoms with E-state index in [-0.39, 0.29) is 19.0 Å². The van der Waals surface area contributed by atoms with Crippen molar-refractivity contribution in [3.8, 4) is 0 Å². The fourth-order valence-electron chi connectivity index (χ4n) is 2.24. The quantitative estimate of drug-likeness (QED) is 0.629. The molecule has 28 heavy (non-hydrogen) atoms. The molecule has 148 valence electrons. The van der Waals surface area contributed by atoms with Crippen LogP contribution in [-0.2, 0) is 26.0 Å². The van der Waals surface area contributed by atoms with Gasteiger partial charge in [0.1, 0.15) is 8.42 Å². The summed E-state index contributed by atoms with van der Waals surface area (Å²) in [5, 5.41) is 0. The molecule has 0 unspecified atom stereocenters. The summed E-state index contributed by atoms with van der Waals surface area (Å²) in [5.41, 5.74) is -0.989. The number of hydrogen-bond acceptors (Lipinski definition) is 5. The second kappa shape index (κ2) is 7.22. The lowest BCUT2D eigenvalue weighted by Crippen LogP contribution is -2.12. The van der Waals surface area contributed by atoms with Crippen LogP contribution in [-0.4, -0.2) is 16.8 Å². The van der Waals surface area contributed by atoms with Crippen LogP contribution in [0, 0.1) is 0 Å². The number of benzene rings is 2. The van der Waals surface area contributed by atoms with Crippen LogP contribution < -0.4 is 4.72 Å². The average molecular weight is 447 g/mol. The molecule has 0 fully saturated rings. The molecule has 0 aliphatic heterocycles. The van der Waals surface area contributed by atoms with E-state index in [4.69, 9.17) is 0 Å². The minimum absolute atomic E-state index is 0.0245. The minimum Gasteiger partial charge on any atom is -0.279 e. The molecule has 3 rings (SSSR count). The van der Waals surface area contributed by atoms with Gasteiger partial charge in [0, 0.05) is 5.69 Å². The predicted octanol–water partition coefficient (Wildman–Crippen LogP) is 4.40. The van der Waals surface area contributed by atoms with Crippen LogP contribution in [0.4, 0.5) is 18.9 Å². The first kappa shape index (κ1) is 20.4. The van der Waals surface area contributed by atoms with Gasteiger partial charge in [0.25, 0.3) is 10.0 Å². The molecule has 0 radical (unpaired) electrons. The summed E-state index contributed by atoms with van der Waals surface area (Å²) in [6.07, 6.45) is -4.54. The van der Waals surface area contributed by atoms with E-state index in [2.05, 4.69) is 4.72 Å². The van der Waals surface area contributed by atoms with Crippen molar-refractivity contribution in [2.45, 2.75) is 19.5 Å². The third-order valence-corrected chi connectivity index (χ3v) is 8.82. The zero-order valence-electron chi connectivity index (χ0n) is 13.8. The second-order valence-electron chi connectivity index (χ2n) is 5.57. The number of nitrogens with one attached hydrogen (secondary N) is 1. The molecule has 5 nitrogen and oxygen atoms in total. The molecule has 3 aromatic rings. The Labute approximate surface area is 163 Å². The van der Waals surface area contributed by atoms with Gasteiger partial charge in [-0.25, -0.2) is 16.8 Å². The molecule has 0 saturated heterocycles. The van der Waals surface area contributed by atoms with Gasteiger partial charge in [-0.2, -0.15) is 13.2 Å². The van der Waals surface area contributed by atoms with Crippen molar-refractivity contribution in [1.82, 2.24) is 0 Å². The summed E-state index contributed by atoms with van der Waals surface area (Å²) in [6.45, 7) is 0. The van der Waals surface area contributed by atoms with Crippen LogP contribution in [0.3, 0.4) is 0 Å². The Hall–Kier alpha value is -2.37. The van der Waals surface area contributed by atoms with Gasteiger partial charge >= 0.3 is 6.18 Å². The van der Waals surface area contributed by atoms with Crippen LogP contribution in [0.15, 0.2) is 80.0 Å². The van der Waals surface area contributed by atoms with Crippen molar-refractivity contribution in [2.75, 3.05) is 4.72 Å². The van der Waals surface area contributed by atoms with Gasteiger partial charge in [0.15, 0.2) is 0 Å². The van der Waals surface area contributed by atoms with Gasteiger partial charge in [-0.1, -0.05) is 18.2 Å². The van der Waals surface area contributed by atoms with Crippen LogP contribution in [0.5, 0.6) is 0 Å². The smallest absolute Gasteiger partial charge is 0.279 e. The molecule has 1 N–H and O–H groups in total. The van der Waals surface area contributed by atoms with Gasteiger partial charge in [-0.3, -0.25) is 4.72 Å². The summed E-state index contributed by atoms with van der Waals surface area (Å²) in [5.74, 6) is 0.